The zero-order chi connectivity index (χ0) is 18.6. The van der Waals surface area contributed by atoms with Crippen LogP contribution in [0.15, 0.2) is 42.5 Å². The number of hydrogen-bond donors (Lipinski definition) is 1. The van der Waals surface area contributed by atoms with Crippen molar-refractivity contribution in [3.63, 3.8) is 0 Å². The van der Waals surface area contributed by atoms with Gasteiger partial charge in [0.15, 0.2) is 6.04 Å². The minimum atomic E-state index is -1.23. The lowest BCUT2D eigenvalue weighted by Gasteiger charge is -2.17. The summed E-state index contributed by atoms with van der Waals surface area (Å²) in [6.07, 6.45) is 0. The van der Waals surface area contributed by atoms with E-state index in [2.05, 4.69) is 10.1 Å². The number of nitro groups is 1. The molecule has 0 aromatic heterocycles. The quantitative estimate of drug-likeness (QED) is 0.510. The minimum absolute atomic E-state index is 0.194. The predicted octanol–water partition coefficient (Wildman–Crippen LogP) is 2.69. The van der Waals surface area contributed by atoms with E-state index >= 15 is 0 Å². The van der Waals surface area contributed by atoms with Crippen LogP contribution < -0.4 is 5.32 Å². The highest BCUT2D eigenvalue weighted by atomic mass is 19.1. The van der Waals surface area contributed by atoms with E-state index in [1.807, 2.05) is 0 Å². The molecule has 0 bridgehead atoms. The largest absolute Gasteiger partial charge is 0.467 e. The van der Waals surface area contributed by atoms with Crippen molar-refractivity contribution >= 4 is 17.6 Å². The number of amides is 1. The maximum atomic E-state index is 13.4. The second kappa shape index (κ2) is 7.52. The topological polar surface area (TPSA) is 98.5 Å². The molecule has 1 amide bonds. The van der Waals surface area contributed by atoms with Crippen LogP contribution in [0.25, 0.3) is 0 Å². The zero-order valence-electron chi connectivity index (χ0n) is 13.5. The van der Waals surface area contributed by atoms with Crippen molar-refractivity contribution in [3.05, 3.63) is 75.1 Å². The standard InChI is InChI=1S/C17H15FN2O5/c1-10-9-11(7-8-13(10)18)15(17(22)25-2)19-16(21)12-5-3-4-6-14(12)20(23)24/h3-9,15H,1-2H3,(H,19,21). The number of benzene rings is 2. The maximum absolute atomic E-state index is 13.4. The van der Waals surface area contributed by atoms with Crippen molar-refractivity contribution in [2.75, 3.05) is 7.11 Å². The number of ether oxygens (including phenoxy) is 1. The predicted molar refractivity (Wildman–Crippen MR) is 86.5 cm³/mol. The molecule has 8 heteroatoms. The highest BCUT2D eigenvalue weighted by molar-refractivity contribution is 6.00. The van der Waals surface area contributed by atoms with Gasteiger partial charge in [0.2, 0.25) is 0 Å². The molecule has 0 saturated carbocycles. The third kappa shape index (κ3) is 3.97. The Morgan fingerprint density at radius 2 is 1.92 bits per heavy atom. The Labute approximate surface area is 142 Å². The third-order valence-corrected chi connectivity index (χ3v) is 3.57. The van der Waals surface area contributed by atoms with Crippen LogP contribution in [0.3, 0.4) is 0 Å². The molecule has 1 N–H and O–H groups in total. The molecule has 0 fully saturated rings. The van der Waals surface area contributed by atoms with E-state index in [-0.39, 0.29) is 16.8 Å². The van der Waals surface area contributed by atoms with E-state index in [0.29, 0.717) is 5.56 Å². The molecule has 2 aromatic rings. The maximum Gasteiger partial charge on any atom is 0.333 e. The molecule has 130 valence electrons. The van der Waals surface area contributed by atoms with Crippen LogP contribution in [0, 0.1) is 22.9 Å². The number of esters is 1. The van der Waals surface area contributed by atoms with Crippen LogP contribution in [0.5, 0.6) is 0 Å². The van der Waals surface area contributed by atoms with Gasteiger partial charge in [-0.15, -0.1) is 0 Å². The fraction of sp³-hybridized carbons (Fsp3) is 0.176. The summed E-state index contributed by atoms with van der Waals surface area (Å²) in [5, 5.41) is 13.4. The molecule has 0 radical (unpaired) electrons. The summed E-state index contributed by atoms with van der Waals surface area (Å²) in [6.45, 7) is 1.51. The van der Waals surface area contributed by atoms with Gasteiger partial charge in [0, 0.05) is 6.07 Å². The third-order valence-electron chi connectivity index (χ3n) is 3.57. The van der Waals surface area contributed by atoms with Crippen molar-refractivity contribution in [3.8, 4) is 0 Å². The molecule has 1 unspecified atom stereocenters. The number of para-hydroxylation sites is 1. The van der Waals surface area contributed by atoms with Crippen molar-refractivity contribution in [1.82, 2.24) is 5.32 Å². The van der Waals surface area contributed by atoms with Gasteiger partial charge >= 0.3 is 5.97 Å². The van der Waals surface area contributed by atoms with E-state index in [0.717, 1.165) is 13.2 Å². The number of nitro benzene ring substituents is 1. The number of nitrogens with one attached hydrogen (secondary N) is 1. The molecule has 2 rings (SSSR count). The lowest BCUT2D eigenvalue weighted by atomic mass is 10.0. The smallest absolute Gasteiger partial charge is 0.333 e. The number of aryl methyl sites for hydroxylation is 1. The summed E-state index contributed by atoms with van der Waals surface area (Å²) in [5.41, 5.74) is 0.00293. The molecule has 2 aromatic carbocycles. The van der Waals surface area contributed by atoms with Crippen LogP contribution in [0.2, 0.25) is 0 Å². The second-order valence-electron chi connectivity index (χ2n) is 5.21. The molecule has 0 aliphatic carbocycles. The summed E-state index contributed by atoms with van der Waals surface area (Å²) in [5.74, 6) is -2.06. The van der Waals surface area contributed by atoms with Gasteiger partial charge in [-0.2, -0.15) is 0 Å². The van der Waals surface area contributed by atoms with Crippen molar-refractivity contribution < 1.29 is 23.6 Å². The van der Waals surface area contributed by atoms with Gasteiger partial charge in [-0.1, -0.05) is 24.3 Å². The second-order valence-corrected chi connectivity index (χ2v) is 5.21. The monoisotopic (exact) mass is 346 g/mol. The van der Waals surface area contributed by atoms with Crippen LogP contribution in [-0.2, 0) is 9.53 Å². The lowest BCUT2D eigenvalue weighted by Crippen LogP contribution is -2.35. The van der Waals surface area contributed by atoms with Gasteiger partial charge in [-0.25, -0.2) is 9.18 Å². The average molecular weight is 346 g/mol. The number of methoxy groups -OCH3 is 1. The first-order valence-electron chi connectivity index (χ1n) is 7.23. The average Bonchev–Trinajstić information content (AvgIpc) is 2.61. The zero-order valence-corrected chi connectivity index (χ0v) is 13.5. The normalized spacial score (nSPS) is 11.5. The first kappa shape index (κ1) is 18.1. The molecule has 0 heterocycles. The van der Waals surface area contributed by atoms with E-state index < -0.39 is 28.7 Å². The van der Waals surface area contributed by atoms with Gasteiger partial charge < -0.3 is 10.1 Å². The summed E-state index contributed by atoms with van der Waals surface area (Å²) in [7, 11) is 1.14. The summed E-state index contributed by atoms with van der Waals surface area (Å²) < 4.78 is 18.1. The Kier molecular flexibility index (Phi) is 5.43. The van der Waals surface area contributed by atoms with Crippen LogP contribution in [0.4, 0.5) is 10.1 Å². The highest BCUT2D eigenvalue weighted by Crippen LogP contribution is 2.22. The molecule has 0 aliphatic rings. The van der Waals surface area contributed by atoms with Crippen LogP contribution in [-0.4, -0.2) is 23.9 Å². The Morgan fingerprint density at radius 3 is 2.52 bits per heavy atom. The Hall–Kier alpha value is -3.29. The number of halogens is 1. The number of hydrogen-bond acceptors (Lipinski definition) is 5. The van der Waals surface area contributed by atoms with Gasteiger partial charge in [0.05, 0.1) is 12.0 Å². The Bertz CT molecular complexity index is 838. The first-order valence-corrected chi connectivity index (χ1v) is 7.23. The van der Waals surface area contributed by atoms with E-state index in [1.54, 1.807) is 0 Å². The lowest BCUT2D eigenvalue weighted by molar-refractivity contribution is -0.385. The first-order chi connectivity index (χ1) is 11.8. The Morgan fingerprint density at radius 1 is 1.24 bits per heavy atom. The molecule has 0 spiro atoms. The molecule has 7 nitrogen and oxygen atoms in total. The Balaban J connectivity index is 2.38. The minimum Gasteiger partial charge on any atom is -0.467 e. The SMILES string of the molecule is COC(=O)C(NC(=O)c1ccccc1[N+](=O)[O-])c1ccc(F)c(C)c1. The van der Waals surface area contributed by atoms with E-state index in [9.17, 15) is 24.1 Å². The van der Waals surface area contributed by atoms with E-state index in [4.69, 9.17) is 0 Å². The molecule has 25 heavy (non-hydrogen) atoms. The summed E-state index contributed by atoms with van der Waals surface area (Å²) in [6, 6.07) is 8.03. The molecular formula is C17H15FN2O5. The van der Waals surface area contributed by atoms with Crippen LogP contribution >= 0.6 is 0 Å². The van der Waals surface area contributed by atoms with Crippen molar-refractivity contribution in [2.45, 2.75) is 13.0 Å². The van der Waals surface area contributed by atoms with Gasteiger partial charge in [-0.05, 0) is 30.2 Å². The summed E-state index contributed by atoms with van der Waals surface area (Å²) >= 11 is 0. The number of carbonyl (C=O) groups is 2. The highest BCUT2D eigenvalue weighted by Gasteiger charge is 2.27. The van der Waals surface area contributed by atoms with Gasteiger partial charge in [0.1, 0.15) is 11.4 Å². The van der Waals surface area contributed by atoms with Crippen molar-refractivity contribution in [2.24, 2.45) is 0 Å². The molecule has 1 atom stereocenters. The fourth-order valence-corrected chi connectivity index (χ4v) is 2.28. The van der Waals surface area contributed by atoms with Crippen LogP contribution in [0.1, 0.15) is 27.5 Å². The molecule has 0 aliphatic heterocycles. The number of rotatable bonds is 5. The number of nitrogens with zero attached hydrogens (tertiary/aromatic N) is 1. The molecule has 0 saturated heterocycles. The van der Waals surface area contributed by atoms with Crippen molar-refractivity contribution in [1.29, 1.82) is 0 Å². The molecular weight excluding hydrogens is 331 g/mol. The number of carbonyl (C=O) groups excluding carboxylic acids is 2. The summed E-state index contributed by atoms with van der Waals surface area (Å²) in [4.78, 5) is 34.8. The van der Waals surface area contributed by atoms with E-state index in [1.165, 1.54) is 43.3 Å². The van der Waals surface area contributed by atoms with Gasteiger partial charge in [-0.3, -0.25) is 14.9 Å². The fourth-order valence-electron chi connectivity index (χ4n) is 2.28. The van der Waals surface area contributed by atoms with Gasteiger partial charge in [0.25, 0.3) is 11.6 Å².